The van der Waals surface area contributed by atoms with Gasteiger partial charge in [0.25, 0.3) is 0 Å². The maximum atomic E-state index is 11.5. The van der Waals surface area contributed by atoms with E-state index in [4.69, 9.17) is 0 Å². The van der Waals surface area contributed by atoms with E-state index in [1.165, 1.54) is 18.4 Å². The number of nitrogens with zero attached hydrogens (tertiary/aromatic N) is 2. The minimum absolute atomic E-state index is 0.449. The van der Waals surface area contributed by atoms with Gasteiger partial charge in [0.05, 0.1) is 6.20 Å². The third-order valence-electron chi connectivity index (χ3n) is 3.37. The van der Waals surface area contributed by atoms with Gasteiger partial charge in [-0.1, -0.05) is 6.42 Å². The second-order valence-corrected chi connectivity index (χ2v) is 4.76. The first-order valence-electron chi connectivity index (χ1n) is 6.31. The number of carbonyl (C=O) groups excluding carboxylic acids is 1. The van der Waals surface area contributed by atoms with Crippen molar-refractivity contribution in [3.8, 4) is 0 Å². The fourth-order valence-corrected chi connectivity index (χ4v) is 2.47. The summed E-state index contributed by atoms with van der Waals surface area (Å²) < 4.78 is 1.95. The van der Waals surface area contributed by atoms with Gasteiger partial charge in [0.1, 0.15) is 5.78 Å². The van der Waals surface area contributed by atoms with Crippen LogP contribution in [0.3, 0.4) is 0 Å². The highest BCUT2D eigenvalue weighted by molar-refractivity contribution is 5.78. The fourth-order valence-electron chi connectivity index (χ4n) is 2.47. The predicted octanol–water partition coefficient (Wildman–Crippen LogP) is 2.59. The third kappa shape index (κ3) is 2.94. The van der Waals surface area contributed by atoms with E-state index in [1.54, 1.807) is 0 Å². The highest BCUT2D eigenvalue weighted by Crippen LogP contribution is 2.24. The molecular formula is C13H20N2O. The molecule has 0 aromatic carbocycles. The zero-order valence-electron chi connectivity index (χ0n) is 9.98. The summed E-state index contributed by atoms with van der Waals surface area (Å²) in [6.07, 6.45) is 10.1. The van der Waals surface area contributed by atoms with Crippen LogP contribution in [0.2, 0.25) is 0 Å². The maximum Gasteiger partial charge on any atom is 0.133 e. The highest BCUT2D eigenvalue weighted by atomic mass is 16.1. The molecule has 0 N–H and O–H groups in total. The lowest BCUT2D eigenvalue weighted by atomic mass is 9.93. The molecule has 1 aromatic rings. The van der Waals surface area contributed by atoms with Gasteiger partial charge in [-0.3, -0.25) is 9.48 Å². The Balaban J connectivity index is 1.94. The Morgan fingerprint density at radius 1 is 1.50 bits per heavy atom. The van der Waals surface area contributed by atoms with Gasteiger partial charge in [-0.05, 0) is 37.7 Å². The second-order valence-electron chi connectivity index (χ2n) is 4.76. The first-order chi connectivity index (χ1) is 7.78. The molecule has 1 fully saturated rings. The molecule has 1 aliphatic rings. The van der Waals surface area contributed by atoms with Crippen molar-refractivity contribution in [1.29, 1.82) is 0 Å². The summed E-state index contributed by atoms with van der Waals surface area (Å²) in [5.41, 5.74) is 1.28. The lowest BCUT2D eigenvalue weighted by Crippen LogP contribution is -2.07. The molecule has 0 radical (unpaired) electrons. The van der Waals surface area contributed by atoms with Crippen molar-refractivity contribution in [2.24, 2.45) is 5.92 Å². The van der Waals surface area contributed by atoms with Gasteiger partial charge in [0, 0.05) is 25.6 Å². The van der Waals surface area contributed by atoms with Crippen LogP contribution in [-0.2, 0) is 17.8 Å². The minimum Gasteiger partial charge on any atom is -0.300 e. The van der Waals surface area contributed by atoms with E-state index in [0.717, 1.165) is 32.2 Å². The standard InChI is InChI=1S/C13H20N2O/c1-2-15-10-12(9-14-15)7-11-5-3-4-6-13(16)8-11/h9-11H,2-8H2,1H3. The molecule has 0 saturated heterocycles. The van der Waals surface area contributed by atoms with Crippen LogP contribution < -0.4 is 0 Å². The van der Waals surface area contributed by atoms with Gasteiger partial charge in [-0.2, -0.15) is 5.10 Å². The van der Waals surface area contributed by atoms with Crippen LogP contribution in [0.5, 0.6) is 0 Å². The number of ketones is 1. The van der Waals surface area contributed by atoms with Crippen molar-refractivity contribution >= 4 is 5.78 Å². The van der Waals surface area contributed by atoms with Crippen LogP contribution in [0, 0.1) is 5.92 Å². The third-order valence-corrected chi connectivity index (χ3v) is 3.37. The average Bonchev–Trinajstić information content (AvgIpc) is 2.62. The number of Topliss-reactive ketones (excluding diaryl/α,β-unsaturated/α-hetero) is 1. The Hall–Kier alpha value is -1.12. The molecular weight excluding hydrogens is 200 g/mol. The largest absolute Gasteiger partial charge is 0.300 e. The summed E-state index contributed by atoms with van der Waals surface area (Å²) in [6, 6.07) is 0. The maximum absolute atomic E-state index is 11.5. The summed E-state index contributed by atoms with van der Waals surface area (Å²) in [5.74, 6) is 0.995. The lowest BCUT2D eigenvalue weighted by Gasteiger charge is -2.11. The Kier molecular flexibility index (Phi) is 3.75. The summed E-state index contributed by atoms with van der Waals surface area (Å²) in [5, 5.41) is 4.27. The normalized spacial score (nSPS) is 22.1. The van der Waals surface area contributed by atoms with Crippen molar-refractivity contribution in [3.05, 3.63) is 18.0 Å². The molecule has 1 atom stereocenters. The molecule has 3 nitrogen and oxygen atoms in total. The molecule has 2 rings (SSSR count). The van der Waals surface area contributed by atoms with E-state index in [1.807, 2.05) is 10.9 Å². The monoisotopic (exact) mass is 220 g/mol. The summed E-state index contributed by atoms with van der Waals surface area (Å²) >= 11 is 0. The minimum atomic E-state index is 0.449. The SMILES string of the molecule is CCn1cc(CC2CCCCC(=O)C2)cn1. The van der Waals surface area contributed by atoms with Crippen molar-refractivity contribution < 1.29 is 4.79 Å². The first kappa shape index (κ1) is 11.4. The topological polar surface area (TPSA) is 34.9 Å². The van der Waals surface area contributed by atoms with Gasteiger partial charge in [0.15, 0.2) is 0 Å². The van der Waals surface area contributed by atoms with Gasteiger partial charge < -0.3 is 0 Å². The summed E-state index contributed by atoms with van der Waals surface area (Å²) in [6.45, 7) is 3.01. The van der Waals surface area contributed by atoms with Crippen LogP contribution in [-0.4, -0.2) is 15.6 Å². The van der Waals surface area contributed by atoms with Crippen LogP contribution in [0.4, 0.5) is 0 Å². The van der Waals surface area contributed by atoms with Crippen molar-refractivity contribution in [2.75, 3.05) is 0 Å². The van der Waals surface area contributed by atoms with Crippen LogP contribution in [0.15, 0.2) is 12.4 Å². The molecule has 0 aliphatic heterocycles. The van der Waals surface area contributed by atoms with E-state index in [-0.39, 0.29) is 0 Å². The van der Waals surface area contributed by atoms with Crippen molar-refractivity contribution in [1.82, 2.24) is 9.78 Å². The van der Waals surface area contributed by atoms with Crippen LogP contribution >= 0.6 is 0 Å². The highest BCUT2D eigenvalue weighted by Gasteiger charge is 2.18. The fraction of sp³-hybridized carbons (Fsp3) is 0.692. The van der Waals surface area contributed by atoms with Crippen LogP contribution in [0.1, 0.15) is 44.6 Å². The van der Waals surface area contributed by atoms with Crippen molar-refractivity contribution in [3.63, 3.8) is 0 Å². The van der Waals surface area contributed by atoms with Crippen molar-refractivity contribution in [2.45, 2.75) is 52.0 Å². The first-order valence-corrected chi connectivity index (χ1v) is 6.31. The molecule has 0 spiro atoms. The number of carbonyl (C=O) groups is 1. The Labute approximate surface area is 96.8 Å². The Morgan fingerprint density at radius 3 is 3.12 bits per heavy atom. The van der Waals surface area contributed by atoms with Gasteiger partial charge >= 0.3 is 0 Å². The smallest absolute Gasteiger partial charge is 0.133 e. The van der Waals surface area contributed by atoms with E-state index >= 15 is 0 Å². The molecule has 3 heteroatoms. The van der Waals surface area contributed by atoms with Gasteiger partial charge in [-0.25, -0.2) is 0 Å². The number of rotatable bonds is 3. The number of hydrogen-bond donors (Lipinski definition) is 0. The van der Waals surface area contributed by atoms with Gasteiger partial charge in [0.2, 0.25) is 0 Å². The molecule has 1 aliphatic carbocycles. The number of hydrogen-bond acceptors (Lipinski definition) is 2. The Morgan fingerprint density at radius 2 is 2.38 bits per heavy atom. The lowest BCUT2D eigenvalue weighted by molar-refractivity contribution is -0.119. The molecule has 1 saturated carbocycles. The zero-order chi connectivity index (χ0) is 11.4. The van der Waals surface area contributed by atoms with Crippen LogP contribution in [0.25, 0.3) is 0 Å². The van der Waals surface area contributed by atoms with Gasteiger partial charge in [-0.15, -0.1) is 0 Å². The molecule has 1 unspecified atom stereocenters. The molecule has 16 heavy (non-hydrogen) atoms. The summed E-state index contributed by atoms with van der Waals surface area (Å²) in [7, 11) is 0. The van der Waals surface area contributed by atoms with E-state index in [9.17, 15) is 4.79 Å². The average molecular weight is 220 g/mol. The molecule has 1 heterocycles. The quantitative estimate of drug-likeness (QED) is 0.734. The molecule has 0 bridgehead atoms. The summed E-state index contributed by atoms with van der Waals surface area (Å²) in [4.78, 5) is 11.5. The van der Waals surface area contributed by atoms with E-state index in [2.05, 4.69) is 18.2 Å². The van der Waals surface area contributed by atoms with E-state index < -0.39 is 0 Å². The zero-order valence-corrected chi connectivity index (χ0v) is 9.98. The number of aryl methyl sites for hydroxylation is 1. The molecule has 88 valence electrons. The number of aromatic nitrogens is 2. The second kappa shape index (κ2) is 5.28. The molecule has 0 amide bonds. The predicted molar refractivity (Wildman–Crippen MR) is 63.2 cm³/mol. The molecule has 1 aromatic heterocycles. The Bertz CT molecular complexity index is 357. The van der Waals surface area contributed by atoms with E-state index in [0.29, 0.717) is 11.7 Å².